The summed E-state index contributed by atoms with van der Waals surface area (Å²) in [5.74, 6) is 0. The fraction of sp³-hybridized carbons (Fsp3) is 0.636. The molecule has 0 aliphatic rings. The van der Waals surface area contributed by atoms with Gasteiger partial charge in [-0.05, 0) is 39.2 Å². The van der Waals surface area contributed by atoms with E-state index in [1.54, 1.807) is 6.20 Å². The molecule has 0 atom stereocenters. The Morgan fingerprint density at radius 1 is 1.56 bits per heavy atom. The van der Waals surface area contributed by atoms with Crippen molar-refractivity contribution in [2.75, 3.05) is 6.54 Å². The second-order valence-electron chi connectivity index (χ2n) is 4.64. The molecule has 0 saturated carbocycles. The normalized spacial score (nSPS) is 11.2. The maximum atomic E-state index is 11.3. The Morgan fingerprint density at radius 2 is 2.31 bits per heavy atom. The summed E-state index contributed by atoms with van der Waals surface area (Å²) in [5, 5.41) is 9.31. The molecule has 5 heteroatoms. The second kappa shape index (κ2) is 5.53. The standard InChI is InChI=1S/C11H19N3O2/c1-11(2,3)16-10(15)12-6-4-5-9-7-13-14-8-9/h7-8H,4-6H2,1-3H3,(H,12,15)(H,13,14). The minimum atomic E-state index is -0.436. The third kappa shape index (κ3) is 5.38. The number of hydrogen-bond donors (Lipinski definition) is 2. The van der Waals surface area contributed by atoms with E-state index in [4.69, 9.17) is 4.74 Å². The van der Waals surface area contributed by atoms with E-state index in [0.29, 0.717) is 6.54 Å². The highest BCUT2D eigenvalue weighted by Gasteiger charge is 2.15. The predicted octanol–water partition coefficient (Wildman–Crippen LogP) is 1.87. The van der Waals surface area contributed by atoms with Crippen LogP contribution in [-0.4, -0.2) is 28.4 Å². The summed E-state index contributed by atoms with van der Waals surface area (Å²) in [6, 6.07) is 0. The second-order valence-corrected chi connectivity index (χ2v) is 4.64. The van der Waals surface area contributed by atoms with Crippen molar-refractivity contribution in [2.45, 2.75) is 39.2 Å². The SMILES string of the molecule is CC(C)(C)OC(=O)NCCCc1cn[nH]c1. The lowest BCUT2D eigenvalue weighted by Crippen LogP contribution is -2.33. The lowest BCUT2D eigenvalue weighted by atomic mass is 10.2. The van der Waals surface area contributed by atoms with Gasteiger partial charge in [-0.25, -0.2) is 4.79 Å². The van der Waals surface area contributed by atoms with E-state index in [-0.39, 0.29) is 6.09 Å². The highest BCUT2D eigenvalue weighted by atomic mass is 16.6. The van der Waals surface area contributed by atoms with Crippen LogP contribution in [0.15, 0.2) is 12.4 Å². The fourth-order valence-corrected chi connectivity index (χ4v) is 1.21. The van der Waals surface area contributed by atoms with E-state index >= 15 is 0 Å². The smallest absolute Gasteiger partial charge is 0.407 e. The maximum absolute atomic E-state index is 11.3. The van der Waals surface area contributed by atoms with E-state index in [9.17, 15) is 4.79 Å². The van der Waals surface area contributed by atoms with Gasteiger partial charge >= 0.3 is 6.09 Å². The molecule has 90 valence electrons. The van der Waals surface area contributed by atoms with Crippen LogP contribution in [0.2, 0.25) is 0 Å². The van der Waals surface area contributed by atoms with Crippen LogP contribution in [-0.2, 0) is 11.2 Å². The first-order valence-corrected chi connectivity index (χ1v) is 5.42. The van der Waals surface area contributed by atoms with E-state index < -0.39 is 5.60 Å². The number of aromatic nitrogens is 2. The van der Waals surface area contributed by atoms with Crippen molar-refractivity contribution in [3.8, 4) is 0 Å². The third-order valence-corrected chi connectivity index (χ3v) is 1.87. The topological polar surface area (TPSA) is 67.0 Å². The Balaban J connectivity index is 2.09. The lowest BCUT2D eigenvalue weighted by Gasteiger charge is -2.19. The highest BCUT2D eigenvalue weighted by molar-refractivity contribution is 5.67. The van der Waals surface area contributed by atoms with E-state index in [2.05, 4.69) is 15.5 Å². The molecule has 0 fully saturated rings. The number of amides is 1. The molecule has 1 aromatic rings. The molecule has 1 rings (SSSR count). The number of carbonyl (C=O) groups is 1. The van der Waals surface area contributed by atoms with Crippen molar-refractivity contribution < 1.29 is 9.53 Å². The van der Waals surface area contributed by atoms with Gasteiger partial charge in [0.25, 0.3) is 0 Å². The molecular weight excluding hydrogens is 206 g/mol. The van der Waals surface area contributed by atoms with Crippen LogP contribution in [0.25, 0.3) is 0 Å². The van der Waals surface area contributed by atoms with Crippen molar-refractivity contribution in [1.29, 1.82) is 0 Å². The van der Waals surface area contributed by atoms with Crippen LogP contribution in [0.1, 0.15) is 32.8 Å². The van der Waals surface area contributed by atoms with Crippen LogP contribution < -0.4 is 5.32 Å². The minimum Gasteiger partial charge on any atom is -0.444 e. The molecule has 5 nitrogen and oxygen atoms in total. The fourth-order valence-electron chi connectivity index (χ4n) is 1.21. The summed E-state index contributed by atoms with van der Waals surface area (Å²) < 4.78 is 5.11. The summed E-state index contributed by atoms with van der Waals surface area (Å²) in [4.78, 5) is 11.3. The molecular formula is C11H19N3O2. The van der Waals surface area contributed by atoms with Gasteiger partial charge in [-0.15, -0.1) is 0 Å². The van der Waals surface area contributed by atoms with Gasteiger partial charge in [0.1, 0.15) is 5.60 Å². The molecule has 0 unspecified atom stereocenters. The van der Waals surface area contributed by atoms with Gasteiger partial charge in [-0.2, -0.15) is 5.10 Å². The first-order chi connectivity index (χ1) is 7.47. The van der Waals surface area contributed by atoms with Crippen LogP contribution in [0.3, 0.4) is 0 Å². The van der Waals surface area contributed by atoms with Crippen LogP contribution >= 0.6 is 0 Å². The first kappa shape index (κ1) is 12.5. The van der Waals surface area contributed by atoms with Gasteiger partial charge in [-0.1, -0.05) is 0 Å². The first-order valence-electron chi connectivity index (χ1n) is 5.42. The number of alkyl carbamates (subject to hydrolysis) is 1. The summed E-state index contributed by atoms with van der Waals surface area (Å²) in [5.41, 5.74) is 0.709. The maximum Gasteiger partial charge on any atom is 0.407 e. The summed E-state index contributed by atoms with van der Waals surface area (Å²) in [7, 11) is 0. The predicted molar refractivity (Wildman–Crippen MR) is 61.1 cm³/mol. The average Bonchev–Trinajstić information content (AvgIpc) is 2.62. The molecule has 0 aromatic carbocycles. The quantitative estimate of drug-likeness (QED) is 0.769. The molecule has 0 aliphatic heterocycles. The van der Waals surface area contributed by atoms with Gasteiger partial charge in [0.15, 0.2) is 0 Å². The van der Waals surface area contributed by atoms with Gasteiger partial charge in [0.2, 0.25) is 0 Å². The zero-order chi connectivity index (χ0) is 12.0. The Hall–Kier alpha value is -1.52. The van der Waals surface area contributed by atoms with E-state index in [1.165, 1.54) is 0 Å². The third-order valence-electron chi connectivity index (χ3n) is 1.87. The summed E-state index contributed by atoms with van der Waals surface area (Å²) >= 11 is 0. The van der Waals surface area contributed by atoms with Gasteiger partial charge < -0.3 is 10.1 Å². The molecule has 0 radical (unpaired) electrons. The number of H-pyrrole nitrogens is 1. The van der Waals surface area contributed by atoms with E-state index in [0.717, 1.165) is 18.4 Å². The molecule has 0 bridgehead atoms. The highest BCUT2D eigenvalue weighted by Crippen LogP contribution is 2.06. The molecule has 0 saturated heterocycles. The van der Waals surface area contributed by atoms with Gasteiger partial charge in [0.05, 0.1) is 6.20 Å². The Morgan fingerprint density at radius 3 is 2.88 bits per heavy atom. The minimum absolute atomic E-state index is 0.361. The number of rotatable bonds is 4. The summed E-state index contributed by atoms with van der Waals surface area (Å²) in [6.45, 7) is 6.15. The summed E-state index contributed by atoms with van der Waals surface area (Å²) in [6.07, 6.45) is 5.05. The number of nitrogens with one attached hydrogen (secondary N) is 2. The van der Waals surface area contributed by atoms with Crippen molar-refractivity contribution in [2.24, 2.45) is 0 Å². The zero-order valence-corrected chi connectivity index (χ0v) is 10.0. The Labute approximate surface area is 95.6 Å². The number of hydrogen-bond acceptors (Lipinski definition) is 3. The molecule has 16 heavy (non-hydrogen) atoms. The van der Waals surface area contributed by atoms with E-state index in [1.807, 2.05) is 27.0 Å². The molecule has 0 aliphatic carbocycles. The molecule has 1 amide bonds. The monoisotopic (exact) mass is 225 g/mol. The molecule has 0 spiro atoms. The number of ether oxygens (including phenoxy) is 1. The van der Waals surface area contributed by atoms with Crippen molar-refractivity contribution in [1.82, 2.24) is 15.5 Å². The van der Waals surface area contributed by atoms with Crippen LogP contribution in [0, 0.1) is 0 Å². The van der Waals surface area contributed by atoms with Crippen LogP contribution in [0.5, 0.6) is 0 Å². The lowest BCUT2D eigenvalue weighted by molar-refractivity contribution is 0.0527. The zero-order valence-electron chi connectivity index (χ0n) is 10.0. The van der Waals surface area contributed by atoms with Gasteiger partial charge in [-0.3, -0.25) is 5.10 Å². The Bertz CT molecular complexity index is 314. The van der Waals surface area contributed by atoms with Crippen molar-refractivity contribution in [3.63, 3.8) is 0 Å². The molecule has 1 heterocycles. The number of aromatic amines is 1. The largest absolute Gasteiger partial charge is 0.444 e. The van der Waals surface area contributed by atoms with Crippen LogP contribution in [0.4, 0.5) is 4.79 Å². The number of carbonyl (C=O) groups excluding carboxylic acids is 1. The van der Waals surface area contributed by atoms with Crippen molar-refractivity contribution >= 4 is 6.09 Å². The average molecular weight is 225 g/mol. The Kier molecular flexibility index (Phi) is 4.34. The van der Waals surface area contributed by atoms with Crippen molar-refractivity contribution in [3.05, 3.63) is 18.0 Å². The number of nitrogens with zero attached hydrogens (tertiary/aromatic N) is 1. The van der Waals surface area contributed by atoms with Gasteiger partial charge in [0, 0.05) is 12.7 Å². The molecule has 2 N–H and O–H groups in total. The number of aryl methyl sites for hydroxylation is 1. The molecule has 1 aromatic heterocycles.